The Labute approximate surface area is 107 Å². The summed E-state index contributed by atoms with van der Waals surface area (Å²) in [4.78, 5) is 6.26. The number of hydrogen-bond donors (Lipinski definition) is 1. The molecule has 0 saturated heterocycles. The predicted molar refractivity (Wildman–Crippen MR) is 70.1 cm³/mol. The second-order valence-electron chi connectivity index (χ2n) is 4.18. The summed E-state index contributed by atoms with van der Waals surface area (Å²) in [6.45, 7) is 3.03. The standard InChI is InChI=1S/C13H18N4O/c1-3-10-4-6-11(7-5-10)17(2)9-12-15-13(8-14)18-16-12/h4-7H,3,8-9,14H2,1-2H3. The van der Waals surface area contributed by atoms with Crippen molar-refractivity contribution >= 4 is 5.69 Å². The number of nitrogens with two attached hydrogens (primary N) is 1. The van der Waals surface area contributed by atoms with E-state index in [0.717, 1.165) is 12.1 Å². The first-order chi connectivity index (χ1) is 8.72. The molecule has 0 aliphatic carbocycles. The number of hydrogen-bond acceptors (Lipinski definition) is 5. The molecule has 0 unspecified atom stereocenters. The molecule has 0 saturated carbocycles. The van der Waals surface area contributed by atoms with Crippen molar-refractivity contribution in [1.29, 1.82) is 0 Å². The number of aryl methyl sites for hydroxylation is 1. The van der Waals surface area contributed by atoms with Gasteiger partial charge in [-0.15, -0.1) is 0 Å². The van der Waals surface area contributed by atoms with E-state index in [9.17, 15) is 0 Å². The molecule has 0 amide bonds. The van der Waals surface area contributed by atoms with Crippen molar-refractivity contribution < 1.29 is 4.52 Å². The fourth-order valence-corrected chi connectivity index (χ4v) is 1.73. The Morgan fingerprint density at radius 2 is 2.00 bits per heavy atom. The molecule has 0 fully saturated rings. The summed E-state index contributed by atoms with van der Waals surface area (Å²) in [7, 11) is 2.00. The Kier molecular flexibility index (Phi) is 3.94. The molecule has 18 heavy (non-hydrogen) atoms. The lowest BCUT2D eigenvalue weighted by Crippen LogP contribution is -2.17. The molecule has 0 atom stereocenters. The number of benzene rings is 1. The minimum atomic E-state index is 0.280. The van der Waals surface area contributed by atoms with Crippen LogP contribution >= 0.6 is 0 Å². The Hall–Kier alpha value is -1.88. The van der Waals surface area contributed by atoms with Crippen molar-refractivity contribution in [3.8, 4) is 0 Å². The molecule has 0 spiro atoms. The second kappa shape index (κ2) is 5.64. The van der Waals surface area contributed by atoms with Gasteiger partial charge in [0.2, 0.25) is 5.89 Å². The van der Waals surface area contributed by atoms with Gasteiger partial charge in [0.15, 0.2) is 5.82 Å². The van der Waals surface area contributed by atoms with Crippen LogP contribution in [0.3, 0.4) is 0 Å². The van der Waals surface area contributed by atoms with Crippen LogP contribution in [0.1, 0.15) is 24.2 Å². The molecule has 2 N–H and O–H groups in total. The van der Waals surface area contributed by atoms with Gasteiger partial charge in [-0.05, 0) is 24.1 Å². The highest BCUT2D eigenvalue weighted by atomic mass is 16.5. The van der Waals surface area contributed by atoms with Gasteiger partial charge in [0.1, 0.15) is 0 Å². The van der Waals surface area contributed by atoms with Crippen molar-refractivity contribution in [1.82, 2.24) is 10.1 Å². The van der Waals surface area contributed by atoms with Crippen molar-refractivity contribution in [2.24, 2.45) is 5.73 Å². The van der Waals surface area contributed by atoms with Gasteiger partial charge in [0, 0.05) is 12.7 Å². The highest BCUT2D eigenvalue weighted by Crippen LogP contribution is 2.15. The summed E-state index contributed by atoms with van der Waals surface area (Å²) in [5.74, 6) is 1.12. The fourth-order valence-electron chi connectivity index (χ4n) is 1.73. The molecule has 1 aromatic heterocycles. The minimum absolute atomic E-state index is 0.280. The normalized spacial score (nSPS) is 10.6. The summed E-state index contributed by atoms with van der Waals surface area (Å²) in [5.41, 5.74) is 7.89. The molecule has 0 bridgehead atoms. The van der Waals surface area contributed by atoms with Crippen LogP contribution in [-0.2, 0) is 19.5 Å². The maximum atomic E-state index is 5.43. The number of nitrogens with zero attached hydrogens (tertiary/aromatic N) is 3. The van der Waals surface area contributed by atoms with E-state index in [1.807, 2.05) is 7.05 Å². The largest absolute Gasteiger partial charge is 0.367 e. The third-order valence-corrected chi connectivity index (χ3v) is 2.85. The van der Waals surface area contributed by atoms with Gasteiger partial charge in [-0.1, -0.05) is 24.2 Å². The molecule has 5 nitrogen and oxygen atoms in total. The zero-order valence-electron chi connectivity index (χ0n) is 10.8. The molecular weight excluding hydrogens is 228 g/mol. The lowest BCUT2D eigenvalue weighted by atomic mass is 10.1. The lowest BCUT2D eigenvalue weighted by molar-refractivity contribution is 0.374. The topological polar surface area (TPSA) is 68.2 Å². The first-order valence-corrected chi connectivity index (χ1v) is 6.04. The molecular formula is C13H18N4O. The maximum Gasteiger partial charge on any atom is 0.240 e. The van der Waals surface area contributed by atoms with E-state index < -0.39 is 0 Å². The Bertz CT molecular complexity index is 492. The van der Waals surface area contributed by atoms with Crippen LogP contribution in [0.15, 0.2) is 28.8 Å². The predicted octanol–water partition coefficient (Wildman–Crippen LogP) is 1.73. The summed E-state index contributed by atoms with van der Waals surface area (Å²) >= 11 is 0. The number of aromatic nitrogens is 2. The fraction of sp³-hybridized carbons (Fsp3) is 0.385. The van der Waals surface area contributed by atoms with E-state index in [4.69, 9.17) is 10.3 Å². The maximum absolute atomic E-state index is 5.43. The highest BCUT2D eigenvalue weighted by Gasteiger charge is 2.08. The van der Waals surface area contributed by atoms with Gasteiger partial charge in [-0.2, -0.15) is 4.98 Å². The van der Waals surface area contributed by atoms with Crippen LogP contribution in [0.2, 0.25) is 0 Å². The molecule has 0 aliphatic heterocycles. The van der Waals surface area contributed by atoms with E-state index in [-0.39, 0.29) is 6.54 Å². The van der Waals surface area contributed by atoms with Gasteiger partial charge in [-0.3, -0.25) is 0 Å². The minimum Gasteiger partial charge on any atom is -0.367 e. The van der Waals surface area contributed by atoms with Crippen molar-refractivity contribution in [3.05, 3.63) is 41.5 Å². The molecule has 2 aromatic rings. The second-order valence-corrected chi connectivity index (χ2v) is 4.18. The summed E-state index contributed by atoms with van der Waals surface area (Å²) in [6.07, 6.45) is 1.05. The molecule has 1 aromatic carbocycles. The van der Waals surface area contributed by atoms with E-state index >= 15 is 0 Å². The zero-order valence-corrected chi connectivity index (χ0v) is 10.8. The summed E-state index contributed by atoms with van der Waals surface area (Å²) in [6, 6.07) is 8.46. The van der Waals surface area contributed by atoms with Crippen molar-refractivity contribution in [3.63, 3.8) is 0 Å². The van der Waals surface area contributed by atoms with Crippen LogP contribution in [0, 0.1) is 0 Å². The number of rotatable bonds is 5. The highest BCUT2D eigenvalue weighted by molar-refractivity contribution is 5.46. The van der Waals surface area contributed by atoms with Crippen LogP contribution in [0.25, 0.3) is 0 Å². The molecule has 2 rings (SSSR count). The van der Waals surface area contributed by atoms with E-state index in [2.05, 4.69) is 46.2 Å². The van der Waals surface area contributed by atoms with Crippen molar-refractivity contribution in [2.75, 3.05) is 11.9 Å². The first kappa shape index (κ1) is 12.6. The molecule has 0 aliphatic rings. The Morgan fingerprint density at radius 3 is 2.56 bits per heavy atom. The molecule has 1 heterocycles. The average molecular weight is 246 g/mol. The Morgan fingerprint density at radius 1 is 1.28 bits per heavy atom. The molecule has 96 valence electrons. The van der Waals surface area contributed by atoms with Gasteiger partial charge < -0.3 is 15.2 Å². The third kappa shape index (κ3) is 2.87. The summed E-state index contributed by atoms with van der Waals surface area (Å²) < 4.78 is 4.97. The van der Waals surface area contributed by atoms with Gasteiger partial charge in [-0.25, -0.2) is 0 Å². The SMILES string of the molecule is CCc1ccc(N(C)Cc2noc(CN)n2)cc1. The summed E-state index contributed by atoms with van der Waals surface area (Å²) in [5, 5.41) is 3.88. The van der Waals surface area contributed by atoms with E-state index in [1.165, 1.54) is 5.56 Å². The quantitative estimate of drug-likeness (QED) is 0.870. The Balaban J connectivity index is 2.03. The van der Waals surface area contributed by atoms with Crippen LogP contribution in [0.4, 0.5) is 5.69 Å². The van der Waals surface area contributed by atoms with Crippen LogP contribution in [0.5, 0.6) is 0 Å². The van der Waals surface area contributed by atoms with E-state index in [0.29, 0.717) is 18.3 Å². The monoisotopic (exact) mass is 246 g/mol. The van der Waals surface area contributed by atoms with Gasteiger partial charge in [0.05, 0.1) is 13.1 Å². The van der Waals surface area contributed by atoms with Crippen LogP contribution < -0.4 is 10.6 Å². The molecule has 5 heteroatoms. The third-order valence-electron chi connectivity index (χ3n) is 2.85. The smallest absolute Gasteiger partial charge is 0.240 e. The van der Waals surface area contributed by atoms with E-state index in [1.54, 1.807) is 0 Å². The molecule has 0 radical (unpaired) electrons. The van der Waals surface area contributed by atoms with Crippen molar-refractivity contribution in [2.45, 2.75) is 26.4 Å². The zero-order chi connectivity index (χ0) is 13.0. The number of anilines is 1. The first-order valence-electron chi connectivity index (χ1n) is 6.04. The van der Waals surface area contributed by atoms with Gasteiger partial charge >= 0.3 is 0 Å². The van der Waals surface area contributed by atoms with Crippen LogP contribution in [-0.4, -0.2) is 17.2 Å². The van der Waals surface area contributed by atoms with Gasteiger partial charge in [0.25, 0.3) is 0 Å². The lowest BCUT2D eigenvalue weighted by Gasteiger charge is -2.17. The average Bonchev–Trinajstić information content (AvgIpc) is 2.86.